The largest absolute Gasteiger partial charge is 0.496 e. The molecule has 0 spiro atoms. The fourth-order valence-electron chi connectivity index (χ4n) is 2.61. The number of ketones is 1. The topological polar surface area (TPSA) is 57.0 Å². The Hall–Kier alpha value is -2.64. The van der Waals surface area contributed by atoms with Gasteiger partial charge in [0, 0.05) is 17.1 Å². The van der Waals surface area contributed by atoms with Crippen molar-refractivity contribution in [2.45, 2.75) is 11.7 Å². The second kappa shape index (κ2) is 9.03. The first-order valence-corrected chi connectivity index (χ1v) is 9.69. The minimum atomic E-state index is -0.492. The number of nitrogens with zero attached hydrogens (tertiary/aromatic N) is 3. The summed E-state index contributed by atoms with van der Waals surface area (Å²) in [5.74, 6) is 0.295. The maximum Gasteiger partial charge on any atom is 0.192 e. The molecule has 0 aliphatic heterocycles. The summed E-state index contributed by atoms with van der Waals surface area (Å²) in [6.07, 6.45) is 1.73. The van der Waals surface area contributed by atoms with Gasteiger partial charge in [0.05, 0.1) is 18.4 Å². The molecule has 1 heterocycles. The van der Waals surface area contributed by atoms with Crippen molar-refractivity contribution in [3.63, 3.8) is 0 Å². The van der Waals surface area contributed by atoms with Crippen molar-refractivity contribution in [2.24, 2.45) is 0 Å². The number of hydrogen-bond donors (Lipinski definition) is 0. The molecule has 0 radical (unpaired) electrons. The Bertz CT molecular complexity index is 1010. The summed E-state index contributed by atoms with van der Waals surface area (Å²) in [7, 11) is 1.44. The summed E-state index contributed by atoms with van der Waals surface area (Å²) in [4.78, 5) is 12.6. The number of methoxy groups -OCH3 is 1. The molecule has 0 N–H and O–H groups in total. The van der Waals surface area contributed by atoms with Gasteiger partial charge < -0.3 is 4.74 Å². The molecule has 0 aliphatic carbocycles. The predicted molar refractivity (Wildman–Crippen MR) is 109 cm³/mol. The summed E-state index contributed by atoms with van der Waals surface area (Å²) in [5, 5.41) is 9.63. The molecular formula is C20H17ClFN3O2S. The Morgan fingerprint density at radius 1 is 1.29 bits per heavy atom. The van der Waals surface area contributed by atoms with Gasteiger partial charge in [-0.15, -0.1) is 16.8 Å². The lowest BCUT2D eigenvalue weighted by molar-refractivity contribution is 0.101. The third kappa shape index (κ3) is 4.43. The number of ether oxygens (including phenoxy) is 1. The molecule has 0 atom stereocenters. The molecule has 28 heavy (non-hydrogen) atoms. The molecule has 0 aliphatic rings. The van der Waals surface area contributed by atoms with E-state index < -0.39 is 5.82 Å². The Balaban J connectivity index is 1.83. The van der Waals surface area contributed by atoms with Crippen LogP contribution in [0, 0.1) is 5.82 Å². The smallest absolute Gasteiger partial charge is 0.192 e. The van der Waals surface area contributed by atoms with Crippen LogP contribution in [0.2, 0.25) is 5.02 Å². The predicted octanol–water partition coefficient (Wildman–Crippen LogP) is 4.91. The van der Waals surface area contributed by atoms with Gasteiger partial charge in [0.1, 0.15) is 11.6 Å². The van der Waals surface area contributed by atoms with Crippen LogP contribution in [0.15, 0.2) is 60.3 Å². The number of carbonyl (C=O) groups excluding carboxylic acids is 1. The third-order valence-corrected chi connectivity index (χ3v) is 5.14. The number of Topliss-reactive ketones (excluding diaryl/α,β-unsaturated/α-hetero) is 1. The lowest BCUT2D eigenvalue weighted by Crippen LogP contribution is -2.07. The standard InChI is InChI=1S/C20H17ClFN3O2S/c1-3-10-25-19(13-4-6-14(21)7-5-13)23-24-20(25)28-12-17(26)16-11-15(22)8-9-18(16)27-2/h3-9,11H,1,10,12H2,2H3. The van der Waals surface area contributed by atoms with Crippen LogP contribution in [-0.2, 0) is 6.54 Å². The monoisotopic (exact) mass is 417 g/mol. The number of aromatic nitrogens is 3. The number of benzene rings is 2. The Kier molecular flexibility index (Phi) is 6.49. The SMILES string of the molecule is C=CCn1c(SCC(=O)c2cc(F)ccc2OC)nnc1-c1ccc(Cl)cc1. The molecule has 0 amide bonds. The summed E-state index contributed by atoms with van der Waals surface area (Å²) in [6.45, 7) is 4.25. The van der Waals surface area contributed by atoms with Crippen molar-refractivity contribution in [3.8, 4) is 17.1 Å². The van der Waals surface area contributed by atoms with Crippen LogP contribution in [0.25, 0.3) is 11.4 Å². The highest BCUT2D eigenvalue weighted by atomic mass is 35.5. The molecular weight excluding hydrogens is 401 g/mol. The van der Waals surface area contributed by atoms with Crippen molar-refractivity contribution < 1.29 is 13.9 Å². The number of allylic oxidation sites excluding steroid dienone is 1. The summed E-state index contributed by atoms with van der Waals surface area (Å²) >= 11 is 7.17. The number of hydrogen-bond acceptors (Lipinski definition) is 5. The van der Waals surface area contributed by atoms with Crippen molar-refractivity contribution >= 4 is 29.1 Å². The van der Waals surface area contributed by atoms with E-state index in [0.717, 1.165) is 5.56 Å². The molecule has 5 nitrogen and oxygen atoms in total. The molecule has 1 aromatic heterocycles. The first kappa shape index (κ1) is 20.1. The van der Waals surface area contributed by atoms with Gasteiger partial charge in [0.25, 0.3) is 0 Å². The van der Waals surface area contributed by atoms with Gasteiger partial charge in [-0.25, -0.2) is 4.39 Å². The molecule has 0 saturated heterocycles. The van der Waals surface area contributed by atoms with Crippen LogP contribution in [-0.4, -0.2) is 33.4 Å². The van der Waals surface area contributed by atoms with Crippen molar-refractivity contribution in [1.29, 1.82) is 0 Å². The molecule has 144 valence electrons. The second-order valence-electron chi connectivity index (χ2n) is 5.77. The van der Waals surface area contributed by atoms with E-state index in [-0.39, 0.29) is 17.1 Å². The number of rotatable bonds is 8. The second-order valence-corrected chi connectivity index (χ2v) is 7.15. The minimum absolute atomic E-state index is 0.0652. The molecule has 0 bridgehead atoms. The Labute approximate surface area is 171 Å². The van der Waals surface area contributed by atoms with Crippen LogP contribution < -0.4 is 4.74 Å². The first-order valence-electron chi connectivity index (χ1n) is 8.33. The van der Waals surface area contributed by atoms with E-state index in [0.29, 0.717) is 28.3 Å². The molecule has 3 rings (SSSR count). The average Bonchev–Trinajstić information content (AvgIpc) is 3.09. The van der Waals surface area contributed by atoms with Gasteiger partial charge in [0.15, 0.2) is 16.8 Å². The van der Waals surface area contributed by atoms with Crippen molar-refractivity contribution in [3.05, 3.63) is 71.5 Å². The van der Waals surface area contributed by atoms with Gasteiger partial charge in [-0.05, 0) is 42.5 Å². The van der Waals surface area contributed by atoms with Gasteiger partial charge in [0.2, 0.25) is 0 Å². The van der Waals surface area contributed by atoms with Crippen LogP contribution in [0.5, 0.6) is 5.75 Å². The van der Waals surface area contributed by atoms with E-state index in [9.17, 15) is 9.18 Å². The minimum Gasteiger partial charge on any atom is -0.496 e. The number of carbonyl (C=O) groups is 1. The summed E-state index contributed by atoms with van der Waals surface area (Å²) in [5.41, 5.74) is 1.05. The van der Waals surface area contributed by atoms with Crippen molar-refractivity contribution in [1.82, 2.24) is 14.8 Å². The fraction of sp³-hybridized carbons (Fsp3) is 0.150. The normalized spacial score (nSPS) is 10.7. The Morgan fingerprint density at radius 2 is 2.04 bits per heavy atom. The maximum absolute atomic E-state index is 13.5. The van der Waals surface area contributed by atoms with Gasteiger partial charge >= 0.3 is 0 Å². The highest BCUT2D eigenvalue weighted by molar-refractivity contribution is 7.99. The van der Waals surface area contributed by atoms with E-state index in [1.54, 1.807) is 18.2 Å². The number of thioether (sulfide) groups is 1. The quantitative estimate of drug-likeness (QED) is 0.296. The summed E-state index contributed by atoms with van der Waals surface area (Å²) in [6, 6.07) is 11.1. The van der Waals surface area contributed by atoms with E-state index >= 15 is 0 Å². The van der Waals surface area contributed by atoms with Crippen LogP contribution >= 0.6 is 23.4 Å². The van der Waals surface area contributed by atoms with Crippen LogP contribution in [0.3, 0.4) is 0 Å². The zero-order valence-corrected chi connectivity index (χ0v) is 16.6. The van der Waals surface area contributed by atoms with Crippen molar-refractivity contribution in [2.75, 3.05) is 12.9 Å². The van der Waals surface area contributed by atoms with Gasteiger partial charge in [-0.1, -0.05) is 29.4 Å². The van der Waals surface area contributed by atoms with E-state index in [1.807, 2.05) is 16.7 Å². The number of halogens is 2. The van der Waals surface area contributed by atoms with E-state index in [2.05, 4.69) is 16.8 Å². The third-order valence-electron chi connectivity index (χ3n) is 3.93. The molecule has 0 saturated carbocycles. The Morgan fingerprint density at radius 3 is 2.71 bits per heavy atom. The molecule has 0 unspecified atom stereocenters. The summed E-state index contributed by atoms with van der Waals surface area (Å²) < 4.78 is 20.5. The highest BCUT2D eigenvalue weighted by Gasteiger charge is 2.18. The zero-order valence-electron chi connectivity index (χ0n) is 15.1. The molecule has 3 aromatic rings. The average molecular weight is 418 g/mol. The van der Waals surface area contributed by atoms with Crippen LogP contribution in [0.1, 0.15) is 10.4 Å². The molecule has 2 aromatic carbocycles. The highest BCUT2D eigenvalue weighted by Crippen LogP contribution is 2.27. The maximum atomic E-state index is 13.5. The molecule has 0 fully saturated rings. The van der Waals surface area contributed by atoms with Crippen LogP contribution in [0.4, 0.5) is 4.39 Å². The van der Waals surface area contributed by atoms with E-state index in [1.165, 1.54) is 37.1 Å². The lowest BCUT2D eigenvalue weighted by Gasteiger charge is -2.09. The zero-order chi connectivity index (χ0) is 20.1. The van der Waals surface area contributed by atoms with Gasteiger partial charge in [-0.2, -0.15) is 0 Å². The fourth-order valence-corrected chi connectivity index (χ4v) is 3.56. The lowest BCUT2D eigenvalue weighted by atomic mass is 10.1. The van der Waals surface area contributed by atoms with Gasteiger partial charge in [-0.3, -0.25) is 9.36 Å². The molecule has 8 heteroatoms. The first-order chi connectivity index (χ1) is 13.5. The van der Waals surface area contributed by atoms with E-state index in [4.69, 9.17) is 16.3 Å².